The number of ether oxygens (including phenoxy) is 1. The van der Waals surface area contributed by atoms with E-state index >= 15 is 0 Å². The lowest BCUT2D eigenvalue weighted by atomic mass is 9.91. The summed E-state index contributed by atoms with van der Waals surface area (Å²) in [5.74, 6) is 0. The largest absolute Gasteiger partial charge is 0.394 e. The zero-order valence-corrected chi connectivity index (χ0v) is 16.0. The van der Waals surface area contributed by atoms with Gasteiger partial charge in [-0.3, -0.25) is 0 Å². The molecule has 3 N–H and O–H groups in total. The first-order valence-corrected chi connectivity index (χ1v) is 9.13. The van der Waals surface area contributed by atoms with Crippen LogP contribution in [0.1, 0.15) is 28.6 Å². The molecule has 2 aromatic heterocycles. The van der Waals surface area contributed by atoms with Crippen LogP contribution in [0.2, 0.25) is 0 Å². The number of imidazole rings is 1. The van der Waals surface area contributed by atoms with E-state index in [9.17, 15) is 5.11 Å². The predicted molar refractivity (Wildman–Crippen MR) is 106 cm³/mol. The monoisotopic (exact) mass is 369 g/mol. The van der Waals surface area contributed by atoms with Crippen LogP contribution >= 0.6 is 0 Å². The fourth-order valence-corrected chi connectivity index (χ4v) is 3.36. The van der Waals surface area contributed by atoms with Crippen molar-refractivity contribution in [2.45, 2.75) is 32.4 Å². The number of hydrogen-bond donors (Lipinski definition) is 3. The smallest absolute Gasteiger partial charge is 0.161 e. The molecule has 0 radical (unpaired) electrons. The normalized spacial score (nSPS) is 18.4. The van der Waals surface area contributed by atoms with Crippen molar-refractivity contribution >= 4 is 11.3 Å². The number of aryl methyl sites for hydroxylation is 2. The number of anilines is 1. The maximum atomic E-state index is 10.5. The third kappa shape index (κ3) is 3.98. The summed E-state index contributed by atoms with van der Waals surface area (Å²) in [6.07, 6.45) is 2.25. The number of rotatable bonds is 3. The molecule has 0 aliphatic carbocycles. The SMILES string of the molecule is COCCO.Cc1nc2c3c(ccn2c1C)CC(O)[C@@H](c1ccccc1)N3. The number of aliphatic hydroxyl groups excluding tert-OH is 2. The molecule has 144 valence electrons. The van der Waals surface area contributed by atoms with Gasteiger partial charge in [-0.25, -0.2) is 4.98 Å². The van der Waals surface area contributed by atoms with Gasteiger partial charge in [0.15, 0.2) is 5.65 Å². The van der Waals surface area contributed by atoms with Gasteiger partial charge in [-0.2, -0.15) is 0 Å². The van der Waals surface area contributed by atoms with Gasteiger partial charge in [-0.15, -0.1) is 0 Å². The van der Waals surface area contributed by atoms with Gasteiger partial charge in [0.2, 0.25) is 0 Å². The molecule has 4 rings (SSSR count). The first kappa shape index (κ1) is 19.4. The molecule has 3 heterocycles. The minimum Gasteiger partial charge on any atom is -0.394 e. The second-order valence-electron chi connectivity index (χ2n) is 6.71. The van der Waals surface area contributed by atoms with E-state index in [1.54, 1.807) is 7.11 Å². The standard InChI is InChI=1S/C18H19N3O.C3H8O2/c1-11-12(2)21-9-8-14-10-15(22)16(13-6-4-3-5-7-13)20-17(14)18(21)19-11;1-5-3-2-4/h3-9,15-16,20,22H,10H2,1-2H3;4H,2-3H2,1H3/t15?,16-;/m1./s1. The molecule has 0 fully saturated rings. The molecule has 1 aliphatic rings. The molecule has 0 spiro atoms. The Morgan fingerprint density at radius 1 is 1.22 bits per heavy atom. The van der Waals surface area contributed by atoms with Crippen LogP contribution in [0.4, 0.5) is 5.69 Å². The van der Waals surface area contributed by atoms with Crippen molar-refractivity contribution in [2.24, 2.45) is 0 Å². The fraction of sp³-hybridized carbons (Fsp3) is 0.381. The van der Waals surface area contributed by atoms with E-state index in [0.29, 0.717) is 13.0 Å². The predicted octanol–water partition coefficient (Wildman–Crippen LogP) is 2.65. The van der Waals surface area contributed by atoms with Crippen LogP contribution in [0, 0.1) is 13.8 Å². The quantitative estimate of drug-likeness (QED) is 0.661. The Labute approximate surface area is 159 Å². The maximum absolute atomic E-state index is 10.5. The molecule has 6 nitrogen and oxygen atoms in total. The van der Waals surface area contributed by atoms with E-state index in [0.717, 1.165) is 33.8 Å². The molecular weight excluding hydrogens is 342 g/mol. The maximum Gasteiger partial charge on any atom is 0.161 e. The molecule has 0 bridgehead atoms. The topological polar surface area (TPSA) is 79.0 Å². The molecule has 6 heteroatoms. The van der Waals surface area contributed by atoms with Gasteiger partial charge in [0.25, 0.3) is 0 Å². The molecule has 3 aromatic rings. The summed E-state index contributed by atoms with van der Waals surface area (Å²) >= 11 is 0. The van der Waals surface area contributed by atoms with Crippen molar-refractivity contribution in [1.29, 1.82) is 0 Å². The highest BCUT2D eigenvalue weighted by Gasteiger charge is 2.29. The minimum atomic E-state index is -0.436. The summed E-state index contributed by atoms with van der Waals surface area (Å²) in [5, 5.41) is 22.0. The molecule has 1 aliphatic heterocycles. The number of hydrogen-bond acceptors (Lipinski definition) is 5. The van der Waals surface area contributed by atoms with Crippen molar-refractivity contribution < 1.29 is 14.9 Å². The second-order valence-corrected chi connectivity index (χ2v) is 6.71. The highest BCUT2D eigenvalue weighted by Crippen LogP contribution is 2.35. The van der Waals surface area contributed by atoms with E-state index in [2.05, 4.69) is 27.4 Å². The number of nitrogens with zero attached hydrogens (tertiary/aromatic N) is 2. The average molecular weight is 369 g/mol. The summed E-state index contributed by atoms with van der Waals surface area (Å²) in [4.78, 5) is 4.70. The minimum absolute atomic E-state index is 0.0998. The summed E-state index contributed by atoms with van der Waals surface area (Å²) in [7, 11) is 1.55. The highest BCUT2D eigenvalue weighted by molar-refractivity contribution is 5.74. The van der Waals surface area contributed by atoms with Crippen LogP contribution in [0.3, 0.4) is 0 Å². The third-order valence-corrected chi connectivity index (χ3v) is 4.92. The Morgan fingerprint density at radius 3 is 2.59 bits per heavy atom. The summed E-state index contributed by atoms with van der Waals surface area (Å²) < 4.78 is 6.55. The number of nitrogens with one attached hydrogen (secondary N) is 1. The molecule has 27 heavy (non-hydrogen) atoms. The number of aromatic nitrogens is 2. The van der Waals surface area contributed by atoms with Crippen LogP contribution < -0.4 is 5.32 Å². The van der Waals surface area contributed by atoms with E-state index in [-0.39, 0.29) is 12.6 Å². The zero-order valence-electron chi connectivity index (χ0n) is 16.0. The van der Waals surface area contributed by atoms with Crippen molar-refractivity contribution in [3.05, 3.63) is 65.1 Å². The molecule has 0 saturated heterocycles. The van der Waals surface area contributed by atoms with Crippen LogP contribution in [0.15, 0.2) is 42.6 Å². The van der Waals surface area contributed by atoms with Gasteiger partial charge < -0.3 is 24.7 Å². The third-order valence-electron chi connectivity index (χ3n) is 4.92. The van der Waals surface area contributed by atoms with Gasteiger partial charge >= 0.3 is 0 Å². The lowest BCUT2D eigenvalue weighted by Crippen LogP contribution is -2.32. The van der Waals surface area contributed by atoms with E-state index in [1.807, 2.05) is 43.5 Å². The van der Waals surface area contributed by atoms with Crippen LogP contribution in [-0.4, -0.2) is 46.0 Å². The Kier molecular flexibility index (Phi) is 6.11. The van der Waals surface area contributed by atoms with Crippen LogP contribution in [0.5, 0.6) is 0 Å². The molecule has 2 atom stereocenters. The Balaban J connectivity index is 0.000000376. The zero-order chi connectivity index (χ0) is 19.4. The number of pyridine rings is 1. The van der Waals surface area contributed by atoms with Crippen LogP contribution in [-0.2, 0) is 11.2 Å². The van der Waals surface area contributed by atoms with E-state index < -0.39 is 6.10 Å². The van der Waals surface area contributed by atoms with E-state index in [1.165, 1.54) is 0 Å². The van der Waals surface area contributed by atoms with E-state index in [4.69, 9.17) is 10.1 Å². The molecule has 0 saturated carbocycles. The highest BCUT2D eigenvalue weighted by atomic mass is 16.5. The number of methoxy groups -OCH3 is 1. The molecule has 1 aromatic carbocycles. The van der Waals surface area contributed by atoms with Crippen LogP contribution in [0.25, 0.3) is 5.65 Å². The number of fused-ring (bicyclic) bond motifs is 3. The number of benzene rings is 1. The van der Waals surface area contributed by atoms with Crippen molar-refractivity contribution in [2.75, 3.05) is 25.6 Å². The molecule has 1 unspecified atom stereocenters. The Bertz CT molecular complexity index is 891. The summed E-state index contributed by atoms with van der Waals surface area (Å²) in [6.45, 7) is 4.67. The average Bonchev–Trinajstić information content (AvgIpc) is 2.97. The summed E-state index contributed by atoms with van der Waals surface area (Å²) in [6, 6.07) is 12.1. The van der Waals surface area contributed by atoms with Gasteiger partial charge in [-0.05, 0) is 31.0 Å². The number of aliphatic hydroxyl groups is 2. The van der Waals surface area contributed by atoms with Gasteiger partial charge in [0, 0.05) is 25.4 Å². The lowest BCUT2D eigenvalue weighted by Gasteiger charge is -2.32. The van der Waals surface area contributed by atoms with Crippen molar-refractivity contribution in [3.8, 4) is 0 Å². The first-order valence-electron chi connectivity index (χ1n) is 9.13. The molecular formula is C21H27N3O3. The first-order chi connectivity index (χ1) is 13.1. The Hall–Kier alpha value is -2.41. The van der Waals surface area contributed by atoms with Crippen molar-refractivity contribution in [1.82, 2.24) is 9.38 Å². The summed E-state index contributed by atoms with van der Waals surface area (Å²) in [5.41, 5.74) is 6.40. The lowest BCUT2D eigenvalue weighted by molar-refractivity contribution is 0.135. The van der Waals surface area contributed by atoms with Gasteiger partial charge in [0.05, 0.1) is 36.7 Å². The van der Waals surface area contributed by atoms with Crippen molar-refractivity contribution in [3.63, 3.8) is 0 Å². The second kappa shape index (κ2) is 8.52. The van der Waals surface area contributed by atoms with Gasteiger partial charge in [-0.1, -0.05) is 30.3 Å². The van der Waals surface area contributed by atoms with Gasteiger partial charge in [0.1, 0.15) is 0 Å². The Morgan fingerprint density at radius 2 is 1.96 bits per heavy atom. The molecule has 0 amide bonds. The fourth-order valence-electron chi connectivity index (χ4n) is 3.36.